The fourth-order valence-electron chi connectivity index (χ4n) is 3.87. The average molecular weight is 268 g/mol. The van der Waals surface area contributed by atoms with E-state index in [1.165, 1.54) is 6.42 Å². The van der Waals surface area contributed by atoms with Crippen LogP contribution < -0.4 is 11.1 Å². The molecule has 3 nitrogen and oxygen atoms in total. The van der Waals surface area contributed by atoms with Crippen LogP contribution in [0.3, 0.4) is 0 Å². The lowest BCUT2D eigenvalue weighted by Crippen LogP contribution is -2.50. The first-order valence-electron chi connectivity index (χ1n) is 7.57. The Morgan fingerprint density at radius 3 is 2.11 bits per heavy atom. The van der Waals surface area contributed by atoms with E-state index in [0.717, 1.165) is 19.3 Å². The van der Waals surface area contributed by atoms with Gasteiger partial charge >= 0.3 is 0 Å². The standard InChI is InChI=1S/C16H32N2O/c1-11(2)7-13(17)14(19)18-12-8-15(3,4)10-16(5,6)9-12/h11-13H,7-10,17H2,1-6H3,(H,18,19)/t13-/m1/s1. The lowest BCUT2D eigenvalue weighted by Gasteiger charge is -2.45. The van der Waals surface area contributed by atoms with Crippen LogP contribution in [-0.2, 0) is 4.79 Å². The number of nitrogens with one attached hydrogen (secondary N) is 1. The van der Waals surface area contributed by atoms with Gasteiger partial charge in [0.25, 0.3) is 0 Å². The first-order chi connectivity index (χ1) is 8.51. The van der Waals surface area contributed by atoms with E-state index in [0.29, 0.717) is 16.7 Å². The molecule has 3 N–H and O–H groups in total. The molecule has 0 aliphatic heterocycles. The van der Waals surface area contributed by atoms with Gasteiger partial charge in [-0.1, -0.05) is 41.5 Å². The summed E-state index contributed by atoms with van der Waals surface area (Å²) < 4.78 is 0. The smallest absolute Gasteiger partial charge is 0.237 e. The van der Waals surface area contributed by atoms with Crippen molar-refractivity contribution in [2.24, 2.45) is 22.5 Å². The molecule has 0 heterocycles. The van der Waals surface area contributed by atoms with Crippen LogP contribution in [0.1, 0.15) is 67.2 Å². The van der Waals surface area contributed by atoms with Crippen molar-refractivity contribution >= 4 is 5.91 Å². The summed E-state index contributed by atoms with van der Waals surface area (Å²) in [5, 5.41) is 3.17. The maximum Gasteiger partial charge on any atom is 0.237 e. The molecular formula is C16H32N2O. The summed E-state index contributed by atoms with van der Waals surface area (Å²) in [6.07, 6.45) is 4.07. The van der Waals surface area contributed by atoms with Gasteiger partial charge in [0, 0.05) is 6.04 Å². The van der Waals surface area contributed by atoms with Gasteiger partial charge < -0.3 is 11.1 Å². The Kier molecular flexibility index (Phi) is 5.05. The number of hydrogen-bond acceptors (Lipinski definition) is 2. The van der Waals surface area contributed by atoms with E-state index in [4.69, 9.17) is 5.73 Å². The van der Waals surface area contributed by atoms with Crippen molar-refractivity contribution in [1.82, 2.24) is 5.32 Å². The molecule has 1 rings (SSSR count). The van der Waals surface area contributed by atoms with Gasteiger partial charge in [-0.25, -0.2) is 0 Å². The molecule has 0 aromatic rings. The zero-order valence-corrected chi connectivity index (χ0v) is 13.5. The van der Waals surface area contributed by atoms with E-state index in [2.05, 4.69) is 46.9 Å². The van der Waals surface area contributed by atoms with Gasteiger partial charge in [0.15, 0.2) is 0 Å². The second-order valence-electron chi connectivity index (χ2n) is 8.36. The third-order valence-electron chi connectivity index (χ3n) is 3.96. The highest BCUT2D eigenvalue weighted by Crippen LogP contribution is 2.45. The van der Waals surface area contributed by atoms with Crippen molar-refractivity contribution in [3.63, 3.8) is 0 Å². The minimum atomic E-state index is -0.367. The highest BCUT2D eigenvalue weighted by atomic mass is 16.2. The fourth-order valence-corrected chi connectivity index (χ4v) is 3.87. The highest BCUT2D eigenvalue weighted by molar-refractivity contribution is 5.81. The molecule has 0 aromatic heterocycles. The summed E-state index contributed by atoms with van der Waals surface area (Å²) >= 11 is 0. The molecule has 1 amide bonds. The third-order valence-corrected chi connectivity index (χ3v) is 3.96. The summed E-state index contributed by atoms with van der Waals surface area (Å²) in [4.78, 5) is 12.1. The predicted molar refractivity (Wildman–Crippen MR) is 80.8 cm³/mol. The van der Waals surface area contributed by atoms with Crippen LogP contribution in [0.15, 0.2) is 0 Å². The lowest BCUT2D eigenvalue weighted by molar-refractivity contribution is -0.124. The number of rotatable bonds is 4. The molecule has 1 saturated carbocycles. The quantitative estimate of drug-likeness (QED) is 0.823. The van der Waals surface area contributed by atoms with Crippen molar-refractivity contribution in [3.05, 3.63) is 0 Å². The van der Waals surface area contributed by atoms with Crippen LogP contribution in [-0.4, -0.2) is 18.0 Å². The molecular weight excluding hydrogens is 236 g/mol. The van der Waals surface area contributed by atoms with Gasteiger partial charge in [0.1, 0.15) is 0 Å². The van der Waals surface area contributed by atoms with Crippen molar-refractivity contribution in [2.75, 3.05) is 0 Å². The fraction of sp³-hybridized carbons (Fsp3) is 0.938. The van der Waals surface area contributed by atoms with E-state index < -0.39 is 0 Å². The van der Waals surface area contributed by atoms with Crippen LogP contribution >= 0.6 is 0 Å². The van der Waals surface area contributed by atoms with Crippen LogP contribution in [0.25, 0.3) is 0 Å². The van der Waals surface area contributed by atoms with Gasteiger partial charge in [-0.2, -0.15) is 0 Å². The minimum Gasteiger partial charge on any atom is -0.352 e. The molecule has 1 fully saturated rings. The Labute approximate surface area is 118 Å². The number of amides is 1. The molecule has 1 aliphatic rings. The van der Waals surface area contributed by atoms with Crippen LogP contribution in [0.5, 0.6) is 0 Å². The predicted octanol–water partition coefficient (Wildman–Crippen LogP) is 3.08. The number of carbonyl (C=O) groups excluding carboxylic acids is 1. The zero-order valence-electron chi connectivity index (χ0n) is 13.5. The Hall–Kier alpha value is -0.570. The van der Waals surface area contributed by atoms with Crippen molar-refractivity contribution in [1.29, 1.82) is 0 Å². The third kappa shape index (κ3) is 5.52. The molecule has 1 atom stereocenters. The Bertz CT molecular complexity index is 305. The summed E-state index contributed by atoms with van der Waals surface area (Å²) in [7, 11) is 0. The molecule has 0 radical (unpaired) electrons. The Morgan fingerprint density at radius 1 is 1.21 bits per heavy atom. The minimum absolute atomic E-state index is 0.0206. The Morgan fingerprint density at radius 2 is 1.68 bits per heavy atom. The van der Waals surface area contributed by atoms with E-state index in [1.807, 2.05) is 0 Å². The maximum absolute atomic E-state index is 12.1. The van der Waals surface area contributed by atoms with E-state index >= 15 is 0 Å². The molecule has 0 bridgehead atoms. The maximum atomic E-state index is 12.1. The Balaban J connectivity index is 2.59. The molecule has 112 valence electrons. The van der Waals surface area contributed by atoms with Gasteiger partial charge in [-0.05, 0) is 42.4 Å². The van der Waals surface area contributed by atoms with Crippen LogP contribution in [0, 0.1) is 16.7 Å². The van der Waals surface area contributed by atoms with Crippen molar-refractivity contribution in [3.8, 4) is 0 Å². The zero-order chi connectivity index (χ0) is 14.8. The molecule has 1 aliphatic carbocycles. The van der Waals surface area contributed by atoms with Gasteiger partial charge in [-0.3, -0.25) is 4.79 Å². The molecule has 0 unspecified atom stereocenters. The molecule has 3 heteroatoms. The molecule has 0 saturated heterocycles. The number of hydrogen-bond donors (Lipinski definition) is 2. The van der Waals surface area contributed by atoms with E-state index in [9.17, 15) is 4.79 Å². The summed E-state index contributed by atoms with van der Waals surface area (Å²) in [5.74, 6) is 0.479. The normalized spacial score (nSPS) is 24.2. The lowest BCUT2D eigenvalue weighted by atomic mass is 9.63. The number of nitrogens with two attached hydrogens (primary N) is 1. The number of carbonyl (C=O) groups is 1. The first kappa shape index (κ1) is 16.5. The van der Waals surface area contributed by atoms with Gasteiger partial charge in [0.2, 0.25) is 5.91 Å². The second-order valence-corrected chi connectivity index (χ2v) is 8.36. The summed E-state index contributed by atoms with van der Waals surface area (Å²) in [6.45, 7) is 13.4. The second kappa shape index (κ2) is 5.82. The van der Waals surface area contributed by atoms with Gasteiger partial charge in [0.05, 0.1) is 6.04 Å². The first-order valence-corrected chi connectivity index (χ1v) is 7.57. The molecule has 0 aromatic carbocycles. The topological polar surface area (TPSA) is 55.1 Å². The van der Waals surface area contributed by atoms with Crippen LogP contribution in [0.2, 0.25) is 0 Å². The van der Waals surface area contributed by atoms with E-state index in [1.54, 1.807) is 0 Å². The van der Waals surface area contributed by atoms with E-state index in [-0.39, 0.29) is 18.0 Å². The molecule has 0 spiro atoms. The van der Waals surface area contributed by atoms with Crippen LogP contribution in [0.4, 0.5) is 0 Å². The summed E-state index contributed by atoms with van der Waals surface area (Å²) in [6, 6.07) is -0.0994. The largest absolute Gasteiger partial charge is 0.352 e. The summed E-state index contributed by atoms with van der Waals surface area (Å²) in [5.41, 5.74) is 6.55. The molecule has 19 heavy (non-hydrogen) atoms. The highest BCUT2D eigenvalue weighted by Gasteiger charge is 2.39. The van der Waals surface area contributed by atoms with Crippen molar-refractivity contribution < 1.29 is 4.79 Å². The SMILES string of the molecule is CC(C)C[C@@H](N)C(=O)NC1CC(C)(C)CC(C)(C)C1. The monoisotopic (exact) mass is 268 g/mol. The average Bonchev–Trinajstić information content (AvgIpc) is 2.10. The van der Waals surface area contributed by atoms with Gasteiger partial charge in [-0.15, -0.1) is 0 Å². The van der Waals surface area contributed by atoms with Crippen molar-refractivity contribution in [2.45, 2.75) is 79.3 Å².